The standard InChI is InChI=1S/C11H14ClN5O2.C3H8/c12-10-14-8-6-17(5-7(8)9(13)15-10)11(18)16-1-3-19-4-2-16;1-3-2/h1-6H2,(H2,13,14,15);3H2,1-2H3. The SMILES string of the molecule is CCC.Nc1nc(Cl)nc2c1CN(C(=O)N1CCOCC1)C2. The van der Waals surface area contributed by atoms with Gasteiger partial charge >= 0.3 is 6.03 Å². The first-order valence-corrected chi connectivity index (χ1v) is 7.86. The minimum atomic E-state index is -0.0168. The molecule has 1 aromatic heterocycles. The molecule has 3 rings (SSSR count). The number of morpholine rings is 1. The normalized spacial score (nSPS) is 16.9. The summed E-state index contributed by atoms with van der Waals surface area (Å²) in [6, 6.07) is -0.0168. The average molecular weight is 328 g/mol. The number of nitrogens with zero attached hydrogens (tertiary/aromatic N) is 4. The lowest BCUT2D eigenvalue weighted by Gasteiger charge is -2.30. The number of urea groups is 1. The van der Waals surface area contributed by atoms with Crippen molar-refractivity contribution in [3.8, 4) is 0 Å². The fourth-order valence-corrected chi connectivity index (χ4v) is 2.53. The van der Waals surface area contributed by atoms with Gasteiger partial charge in [-0.15, -0.1) is 0 Å². The molecule has 8 heteroatoms. The minimum Gasteiger partial charge on any atom is -0.383 e. The van der Waals surface area contributed by atoms with E-state index in [0.29, 0.717) is 45.2 Å². The Morgan fingerprint density at radius 1 is 1.23 bits per heavy atom. The van der Waals surface area contributed by atoms with Crippen molar-refractivity contribution in [1.29, 1.82) is 0 Å². The number of hydrogen-bond donors (Lipinski definition) is 1. The molecule has 1 aromatic rings. The summed E-state index contributed by atoms with van der Waals surface area (Å²) in [6.07, 6.45) is 1.25. The van der Waals surface area contributed by atoms with Crippen molar-refractivity contribution in [3.63, 3.8) is 0 Å². The number of fused-ring (bicyclic) bond motifs is 1. The van der Waals surface area contributed by atoms with E-state index in [-0.39, 0.29) is 11.3 Å². The lowest BCUT2D eigenvalue weighted by Crippen LogP contribution is -2.46. The van der Waals surface area contributed by atoms with Crippen molar-refractivity contribution in [2.75, 3.05) is 32.0 Å². The highest BCUT2D eigenvalue weighted by atomic mass is 35.5. The number of ether oxygens (including phenoxy) is 1. The molecule has 2 aliphatic heterocycles. The number of carbonyl (C=O) groups is 1. The fraction of sp³-hybridized carbons (Fsp3) is 0.643. The fourth-order valence-electron chi connectivity index (χ4n) is 2.34. The summed E-state index contributed by atoms with van der Waals surface area (Å²) in [7, 11) is 0. The Balaban J connectivity index is 0.000000545. The van der Waals surface area contributed by atoms with Gasteiger partial charge in [-0.25, -0.2) is 14.8 Å². The van der Waals surface area contributed by atoms with E-state index in [1.807, 2.05) is 0 Å². The van der Waals surface area contributed by atoms with E-state index in [1.54, 1.807) is 9.80 Å². The molecule has 0 atom stereocenters. The molecular formula is C14H22ClN5O2. The highest BCUT2D eigenvalue weighted by Gasteiger charge is 2.30. The Hall–Kier alpha value is -1.60. The summed E-state index contributed by atoms with van der Waals surface area (Å²) in [5.74, 6) is 0.354. The second kappa shape index (κ2) is 7.60. The van der Waals surface area contributed by atoms with Crippen LogP contribution in [0.1, 0.15) is 31.5 Å². The first-order chi connectivity index (χ1) is 10.6. The number of aromatic nitrogens is 2. The van der Waals surface area contributed by atoms with Crippen LogP contribution < -0.4 is 5.73 Å². The predicted molar refractivity (Wildman–Crippen MR) is 84.5 cm³/mol. The molecule has 2 N–H and O–H groups in total. The van der Waals surface area contributed by atoms with E-state index in [1.165, 1.54) is 6.42 Å². The van der Waals surface area contributed by atoms with Gasteiger partial charge in [0.15, 0.2) is 0 Å². The number of anilines is 1. The Morgan fingerprint density at radius 3 is 2.50 bits per heavy atom. The third kappa shape index (κ3) is 3.78. The van der Waals surface area contributed by atoms with Gasteiger partial charge in [-0.2, -0.15) is 0 Å². The maximum absolute atomic E-state index is 12.3. The largest absolute Gasteiger partial charge is 0.383 e. The molecule has 1 saturated heterocycles. The van der Waals surface area contributed by atoms with Crippen LogP contribution in [0.4, 0.5) is 10.6 Å². The second-order valence-electron chi connectivity index (χ2n) is 5.25. The molecule has 22 heavy (non-hydrogen) atoms. The van der Waals surface area contributed by atoms with Gasteiger partial charge in [-0.3, -0.25) is 0 Å². The van der Waals surface area contributed by atoms with Crippen LogP contribution in [0.15, 0.2) is 0 Å². The van der Waals surface area contributed by atoms with Crippen molar-refractivity contribution >= 4 is 23.4 Å². The van der Waals surface area contributed by atoms with Crippen molar-refractivity contribution in [2.24, 2.45) is 0 Å². The van der Waals surface area contributed by atoms with E-state index >= 15 is 0 Å². The number of nitrogen functional groups attached to an aromatic ring is 1. The molecule has 0 spiro atoms. The Bertz CT molecular complexity index is 534. The highest BCUT2D eigenvalue weighted by molar-refractivity contribution is 6.28. The predicted octanol–water partition coefficient (Wildman–Crippen LogP) is 1.90. The molecule has 0 radical (unpaired) electrons. The van der Waals surface area contributed by atoms with E-state index in [4.69, 9.17) is 22.1 Å². The summed E-state index contributed by atoms with van der Waals surface area (Å²) in [4.78, 5) is 23.9. The van der Waals surface area contributed by atoms with Gasteiger partial charge in [0.2, 0.25) is 5.28 Å². The van der Waals surface area contributed by atoms with Gasteiger partial charge in [0.1, 0.15) is 5.82 Å². The molecule has 2 amide bonds. The minimum absolute atomic E-state index is 0.0168. The Morgan fingerprint density at radius 2 is 1.86 bits per heavy atom. The zero-order chi connectivity index (χ0) is 16.1. The van der Waals surface area contributed by atoms with E-state index in [2.05, 4.69) is 23.8 Å². The second-order valence-corrected chi connectivity index (χ2v) is 5.59. The third-order valence-corrected chi connectivity index (χ3v) is 3.51. The Labute approximate surface area is 135 Å². The van der Waals surface area contributed by atoms with E-state index in [0.717, 1.165) is 11.3 Å². The van der Waals surface area contributed by atoms with Crippen LogP contribution in [-0.2, 0) is 17.8 Å². The molecule has 122 valence electrons. The summed E-state index contributed by atoms with van der Waals surface area (Å²) in [5, 5.41) is 0.122. The first kappa shape index (κ1) is 16.8. The first-order valence-electron chi connectivity index (χ1n) is 7.49. The molecule has 0 aliphatic carbocycles. The molecule has 1 fully saturated rings. The van der Waals surface area contributed by atoms with Crippen LogP contribution >= 0.6 is 11.6 Å². The van der Waals surface area contributed by atoms with Gasteiger partial charge in [0, 0.05) is 18.7 Å². The van der Waals surface area contributed by atoms with Crippen LogP contribution in [0.3, 0.4) is 0 Å². The summed E-state index contributed by atoms with van der Waals surface area (Å²) >= 11 is 5.77. The van der Waals surface area contributed by atoms with Crippen molar-refractivity contribution < 1.29 is 9.53 Å². The molecule has 0 bridgehead atoms. The zero-order valence-electron chi connectivity index (χ0n) is 13.0. The number of hydrogen-bond acceptors (Lipinski definition) is 5. The number of amides is 2. The van der Waals surface area contributed by atoms with Crippen LogP contribution in [0, 0.1) is 0 Å². The van der Waals surface area contributed by atoms with Crippen LogP contribution in [0.25, 0.3) is 0 Å². The number of carbonyl (C=O) groups excluding carboxylic acids is 1. The smallest absolute Gasteiger partial charge is 0.320 e. The summed E-state index contributed by atoms with van der Waals surface area (Å²) in [6.45, 7) is 7.52. The molecule has 0 unspecified atom stereocenters. The molecular weight excluding hydrogens is 306 g/mol. The molecule has 0 saturated carbocycles. The van der Waals surface area contributed by atoms with Crippen molar-refractivity contribution in [2.45, 2.75) is 33.4 Å². The molecule has 3 heterocycles. The number of halogens is 1. The van der Waals surface area contributed by atoms with Crippen LogP contribution in [0.2, 0.25) is 5.28 Å². The van der Waals surface area contributed by atoms with Gasteiger partial charge in [0.05, 0.1) is 32.0 Å². The molecule has 0 aromatic carbocycles. The summed E-state index contributed by atoms with van der Waals surface area (Å²) < 4.78 is 5.24. The van der Waals surface area contributed by atoms with Gasteiger partial charge in [0.25, 0.3) is 0 Å². The van der Waals surface area contributed by atoms with E-state index in [9.17, 15) is 4.79 Å². The number of rotatable bonds is 0. The van der Waals surface area contributed by atoms with E-state index < -0.39 is 0 Å². The van der Waals surface area contributed by atoms with Crippen LogP contribution in [-0.4, -0.2) is 52.1 Å². The zero-order valence-corrected chi connectivity index (χ0v) is 13.8. The number of nitrogens with two attached hydrogens (primary N) is 1. The van der Waals surface area contributed by atoms with Crippen molar-refractivity contribution in [3.05, 3.63) is 16.5 Å². The lowest BCUT2D eigenvalue weighted by molar-refractivity contribution is 0.0429. The highest BCUT2D eigenvalue weighted by Crippen LogP contribution is 2.27. The third-order valence-electron chi connectivity index (χ3n) is 3.34. The van der Waals surface area contributed by atoms with Gasteiger partial charge < -0.3 is 20.3 Å². The average Bonchev–Trinajstić information content (AvgIpc) is 2.92. The van der Waals surface area contributed by atoms with Gasteiger partial charge in [-0.05, 0) is 11.6 Å². The molecule has 2 aliphatic rings. The Kier molecular flexibility index (Phi) is 5.79. The monoisotopic (exact) mass is 327 g/mol. The maximum Gasteiger partial charge on any atom is 0.320 e. The maximum atomic E-state index is 12.3. The van der Waals surface area contributed by atoms with Crippen molar-refractivity contribution in [1.82, 2.24) is 19.8 Å². The van der Waals surface area contributed by atoms with Crippen LogP contribution in [0.5, 0.6) is 0 Å². The lowest BCUT2D eigenvalue weighted by atomic mass is 10.2. The quantitative estimate of drug-likeness (QED) is 0.736. The summed E-state index contributed by atoms with van der Waals surface area (Å²) in [5.41, 5.74) is 7.34. The van der Waals surface area contributed by atoms with Gasteiger partial charge in [-0.1, -0.05) is 20.3 Å². The topological polar surface area (TPSA) is 84.6 Å². The molecule has 7 nitrogen and oxygen atoms in total.